The SMILES string of the molecule is CN(C)C(=O)c1cc(NC(=O)c2ccccc2I)c(=O)n(C)c1. The lowest BCUT2D eigenvalue weighted by Crippen LogP contribution is -2.28. The van der Waals surface area contributed by atoms with E-state index in [1.54, 1.807) is 32.3 Å². The molecule has 1 heterocycles. The Kier molecular flexibility index (Phi) is 5.19. The van der Waals surface area contributed by atoms with E-state index in [9.17, 15) is 14.4 Å². The molecule has 2 amide bonds. The Hall–Kier alpha value is -2.16. The molecule has 7 heteroatoms. The van der Waals surface area contributed by atoms with Gasteiger partial charge in [0.05, 0.1) is 11.1 Å². The van der Waals surface area contributed by atoms with Crippen molar-refractivity contribution in [1.29, 1.82) is 0 Å². The summed E-state index contributed by atoms with van der Waals surface area (Å²) in [5, 5.41) is 2.59. The molecule has 0 bridgehead atoms. The Balaban J connectivity index is 2.40. The van der Waals surface area contributed by atoms with Gasteiger partial charge in [0.15, 0.2) is 0 Å². The van der Waals surface area contributed by atoms with Crippen LogP contribution in [0.25, 0.3) is 0 Å². The number of aromatic nitrogens is 1. The summed E-state index contributed by atoms with van der Waals surface area (Å²) < 4.78 is 2.06. The average Bonchev–Trinajstić information content (AvgIpc) is 2.51. The molecule has 0 atom stereocenters. The highest BCUT2D eigenvalue weighted by Gasteiger charge is 2.16. The standard InChI is InChI=1S/C16H16IN3O3/c1-19(2)15(22)10-8-13(16(23)20(3)9-10)18-14(21)11-6-4-5-7-12(11)17/h4-9H,1-3H3,(H,18,21). The van der Waals surface area contributed by atoms with Crippen LogP contribution in [0.5, 0.6) is 0 Å². The topological polar surface area (TPSA) is 71.4 Å². The van der Waals surface area contributed by atoms with Gasteiger partial charge in [-0.05, 0) is 40.8 Å². The molecule has 2 rings (SSSR count). The van der Waals surface area contributed by atoms with Crippen LogP contribution < -0.4 is 10.9 Å². The highest BCUT2D eigenvalue weighted by molar-refractivity contribution is 14.1. The van der Waals surface area contributed by atoms with E-state index in [1.807, 2.05) is 6.07 Å². The summed E-state index contributed by atoms with van der Waals surface area (Å²) in [6, 6.07) is 8.46. The Morgan fingerprint density at radius 3 is 2.48 bits per heavy atom. The van der Waals surface area contributed by atoms with E-state index in [4.69, 9.17) is 0 Å². The van der Waals surface area contributed by atoms with Gasteiger partial charge in [-0.1, -0.05) is 12.1 Å². The third kappa shape index (κ3) is 3.79. The van der Waals surface area contributed by atoms with Crippen LogP contribution in [0.3, 0.4) is 0 Å². The number of benzene rings is 1. The molecular formula is C16H16IN3O3. The molecule has 1 aromatic carbocycles. The van der Waals surface area contributed by atoms with Crippen LogP contribution in [0.2, 0.25) is 0 Å². The lowest BCUT2D eigenvalue weighted by atomic mass is 10.2. The van der Waals surface area contributed by atoms with Crippen molar-refractivity contribution in [2.45, 2.75) is 0 Å². The van der Waals surface area contributed by atoms with Crippen molar-refractivity contribution in [2.75, 3.05) is 19.4 Å². The molecular weight excluding hydrogens is 409 g/mol. The van der Waals surface area contributed by atoms with Crippen LogP contribution >= 0.6 is 22.6 Å². The zero-order chi connectivity index (χ0) is 17.1. The molecule has 6 nitrogen and oxygen atoms in total. The van der Waals surface area contributed by atoms with Crippen molar-refractivity contribution in [2.24, 2.45) is 7.05 Å². The summed E-state index contributed by atoms with van der Waals surface area (Å²) >= 11 is 2.05. The van der Waals surface area contributed by atoms with Crippen molar-refractivity contribution in [3.8, 4) is 0 Å². The van der Waals surface area contributed by atoms with E-state index in [0.717, 1.165) is 3.57 Å². The van der Waals surface area contributed by atoms with Gasteiger partial charge in [0.2, 0.25) is 0 Å². The van der Waals surface area contributed by atoms with Gasteiger partial charge in [-0.25, -0.2) is 0 Å². The number of hydrogen-bond donors (Lipinski definition) is 1. The van der Waals surface area contributed by atoms with Gasteiger partial charge in [0.1, 0.15) is 5.69 Å². The fraction of sp³-hybridized carbons (Fsp3) is 0.188. The van der Waals surface area contributed by atoms with Crippen LogP contribution in [0.4, 0.5) is 5.69 Å². The fourth-order valence-electron chi connectivity index (χ4n) is 2.01. The molecule has 0 aliphatic heterocycles. The minimum absolute atomic E-state index is 0.0739. The Morgan fingerprint density at radius 2 is 1.87 bits per heavy atom. The number of carbonyl (C=O) groups is 2. The monoisotopic (exact) mass is 425 g/mol. The summed E-state index contributed by atoms with van der Waals surface area (Å²) in [7, 11) is 4.78. The number of nitrogens with one attached hydrogen (secondary N) is 1. The van der Waals surface area contributed by atoms with E-state index >= 15 is 0 Å². The van der Waals surface area contributed by atoms with E-state index in [0.29, 0.717) is 11.1 Å². The highest BCUT2D eigenvalue weighted by Crippen LogP contribution is 2.14. The maximum Gasteiger partial charge on any atom is 0.274 e. The van der Waals surface area contributed by atoms with Crippen molar-refractivity contribution < 1.29 is 9.59 Å². The fourth-order valence-corrected chi connectivity index (χ4v) is 2.64. The largest absolute Gasteiger partial charge is 0.345 e. The Labute approximate surface area is 147 Å². The van der Waals surface area contributed by atoms with Gasteiger partial charge >= 0.3 is 0 Å². The summed E-state index contributed by atoms with van der Waals surface area (Å²) in [5.74, 6) is -0.632. The molecule has 1 aromatic heterocycles. The first kappa shape index (κ1) is 17.2. The molecule has 2 aromatic rings. The summed E-state index contributed by atoms with van der Waals surface area (Å²) in [6.07, 6.45) is 1.45. The Morgan fingerprint density at radius 1 is 1.22 bits per heavy atom. The van der Waals surface area contributed by atoms with E-state index in [-0.39, 0.29) is 23.1 Å². The highest BCUT2D eigenvalue weighted by atomic mass is 127. The molecule has 0 aliphatic rings. The second-order valence-corrected chi connectivity index (χ2v) is 6.35. The first-order chi connectivity index (χ1) is 10.8. The third-order valence-corrected chi connectivity index (χ3v) is 4.14. The zero-order valence-corrected chi connectivity index (χ0v) is 15.1. The number of anilines is 1. The van der Waals surface area contributed by atoms with Crippen molar-refractivity contribution >= 4 is 40.1 Å². The van der Waals surface area contributed by atoms with E-state index < -0.39 is 0 Å². The normalized spacial score (nSPS) is 10.3. The zero-order valence-electron chi connectivity index (χ0n) is 13.0. The number of nitrogens with zero attached hydrogens (tertiary/aromatic N) is 2. The first-order valence-electron chi connectivity index (χ1n) is 6.79. The van der Waals surface area contributed by atoms with E-state index in [2.05, 4.69) is 27.9 Å². The molecule has 0 unspecified atom stereocenters. The van der Waals surface area contributed by atoms with Crippen molar-refractivity contribution in [3.63, 3.8) is 0 Å². The average molecular weight is 425 g/mol. The molecule has 0 saturated heterocycles. The summed E-state index contributed by atoms with van der Waals surface area (Å²) in [5.41, 5.74) is 0.499. The molecule has 23 heavy (non-hydrogen) atoms. The molecule has 120 valence electrons. The number of halogens is 1. The molecule has 0 spiro atoms. The first-order valence-corrected chi connectivity index (χ1v) is 7.87. The van der Waals surface area contributed by atoms with Crippen LogP contribution in [0, 0.1) is 3.57 Å². The van der Waals surface area contributed by atoms with Crippen LogP contribution in [0.15, 0.2) is 41.3 Å². The minimum atomic E-state index is -0.387. The van der Waals surface area contributed by atoms with Crippen molar-refractivity contribution in [3.05, 3.63) is 61.6 Å². The van der Waals surface area contributed by atoms with Crippen LogP contribution in [0.1, 0.15) is 20.7 Å². The van der Waals surface area contributed by atoms with Crippen molar-refractivity contribution in [1.82, 2.24) is 9.47 Å². The molecule has 0 radical (unpaired) electrons. The molecule has 0 aliphatic carbocycles. The number of hydrogen-bond acceptors (Lipinski definition) is 3. The smallest absolute Gasteiger partial charge is 0.274 e. The second-order valence-electron chi connectivity index (χ2n) is 5.19. The molecule has 1 N–H and O–H groups in total. The summed E-state index contributed by atoms with van der Waals surface area (Å²) in [4.78, 5) is 38.0. The Bertz CT molecular complexity index is 828. The van der Waals surface area contributed by atoms with Gasteiger partial charge in [-0.15, -0.1) is 0 Å². The minimum Gasteiger partial charge on any atom is -0.345 e. The second kappa shape index (κ2) is 6.95. The lowest BCUT2D eigenvalue weighted by molar-refractivity contribution is 0.0826. The number of pyridine rings is 1. The molecule has 0 fully saturated rings. The number of rotatable bonds is 3. The quantitative estimate of drug-likeness (QED) is 0.765. The maximum absolute atomic E-state index is 12.4. The van der Waals surface area contributed by atoms with Gasteiger partial charge in [0.25, 0.3) is 17.4 Å². The van der Waals surface area contributed by atoms with Crippen LogP contribution in [-0.2, 0) is 7.05 Å². The number of aryl methyl sites for hydroxylation is 1. The van der Waals surface area contributed by atoms with Gasteiger partial charge < -0.3 is 14.8 Å². The lowest BCUT2D eigenvalue weighted by Gasteiger charge is -2.13. The molecule has 0 saturated carbocycles. The third-order valence-electron chi connectivity index (χ3n) is 3.20. The van der Waals surface area contributed by atoms with Gasteiger partial charge in [0, 0.05) is 30.9 Å². The summed E-state index contributed by atoms with van der Waals surface area (Å²) in [6.45, 7) is 0. The number of carbonyl (C=O) groups excluding carboxylic acids is 2. The predicted octanol–water partition coefficient (Wildman–Crippen LogP) is 1.94. The maximum atomic E-state index is 12.4. The van der Waals surface area contributed by atoms with E-state index in [1.165, 1.54) is 28.8 Å². The van der Waals surface area contributed by atoms with Gasteiger partial charge in [-0.3, -0.25) is 14.4 Å². The van der Waals surface area contributed by atoms with Crippen LogP contribution in [-0.4, -0.2) is 35.4 Å². The number of amides is 2. The predicted molar refractivity (Wildman–Crippen MR) is 96.8 cm³/mol. The van der Waals surface area contributed by atoms with Gasteiger partial charge in [-0.2, -0.15) is 0 Å².